The van der Waals surface area contributed by atoms with Crippen LogP contribution >= 0.6 is 0 Å². The molecular formula is C19H33NO3Si. The smallest absolute Gasteiger partial charge is 0.412 e. The molecule has 0 aliphatic heterocycles. The van der Waals surface area contributed by atoms with Gasteiger partial charge in [0.2, 0.25) is 0 Å². The van der Waals surface area contributed by atoms with Gasteiger partial charge in [-0.2, -0.15) is 0 Å². The van der Waals surface area contributed by atoms with Crippen molar-refractivity contribution in [2.45, 2.75) is 78.3 Å². The van der Waals surface area contributed by atoms with Gasteiger partial charge in [-0.1, -0.05) is 32.9 Å². The first-order chi connectivity index (χ1) is 10.7. The molecule has 1 N–H and O–H groups in total. The standard InChI is InChI=1S/C19H33NO3Si/c1-14(23-24(8,9)19(5,6)7)15-10-12-16(13-11-15)20-17(21)22-18(2,3)4/h10-14H,1-9H3,(H,20,21)/t14-/m1/s1. The van der Waals surface area contributed by atoms with Gasteiger partial charge in [0.25, 0.3) is 0 Å². The van der Waals surface area contributed by atoms with Crippen LogP contribution in [0.25, 0.3) is 0 Å². The number of carbonyl (C=O) groups excluding carboxylic acids is 1. The number of benzene rings is 1. The van der Waals surface area contributed by atoms with Crippen LogP contribution in [0.1, 0.15) is 60.1 Å². The minimum Gasteiger partial charge on any atom is -0.444 e. The summed E-state index contributed by atoms with van der Waals surface area (Å²) in [7, 11) is -1.81. The Balaban J connectivity index is 2.72. The van der Waals surface area contributed by atoms with E-state index >= 15 is 0 Å². The fraction of sp³-hybridized carbons (Fsp3) is 0.632. The monoisotopic (exact) mass is 351 g/mol. The molecule has 0 bridgehead atoms. The van der Waals surface area contributed by atoms with Crippen LogP contribution in [-0.2, 0) is 9.16 Å². The number of hydrogen-bond acceptors (Lipinski definition) is 3. The number of carbonyl (C=O) groups is 1. The first-order valence-electron chi connectivity index (χ1n) is 8.49. The minimum absolute atomic E-state index is 0.0291. The molecule has 1 atom stereocenters. The van der Waals surface area contributed by atoms with Gasteiger partial charge in [0.1, 0.15) is 5.60 Å². The van der Waals surface area contributed by atoms with Crippen LogP contribution in [0.4, 0.5) is 10.5 Å². The predicted octanol–water partition coefficient (Wildman–Crippen LogP) is 6.12. The second-order valence-electron chi connectivity index (χ2n) is 8.77. The van der Waals surface area contributed by atoms with Crippen molar-refractivity contribution in [3.63, 3.8) is 0 Å². The molecule has 24 heavy (non-hydrogen) atoms. The molecule has 0 aliphatic carbocycles. The molecule has 1 rings (SSSR count). The fourth-order valence-electron chi connectivity index (χ4n) is 1.95. The number of rotatable bonds is 4. The van der Waals surface area contributed by atoms with Crippen molar-refractivity contribution in [1.82, 2.24) is 0 Å². The first-order valence-corrected chi connectivity index (χ1v) is 11.4. The van der Waals surface area contributed by atoms with Crippen LogP contribution in [0.2, 0.25) is 18.1 Å². The Morgan fingerprint density at radius 3 is 1.96 bits per heavy atom. The van der Waals surface area contributed by atoms with Gasteiger partial charge in [-0.3, -0.25) is 5.32 Å². The topological polar surface area (TPSA) is 47.6 Å². The molecule has 0 aliphatic rings. The van der Waals surface area contributed by atoms with E-state index in [1.54, 1.807) is 0 Å². The van der Waals surface area contributed by atoms with Gasteiger partial charge in [-0.25, -0.2) is 4.79 Å². The highest BCUT2D eigenvalue weighted by Gasteiger charge is 2.38. The average Bonchev–Trinajstić information content (AvgIpc) is 2.35. The number of anilines is 1. The number of ether oxygens (including phenoxy) is 1. The normalized spacial score (nSPS) is 14.2. The van der Waals surface area contributed by atoms with Gasteiger partial charge < -0.3 is 9.16 Å². The summed E-state index contributed by atoms with van der Waals surface area (Å²) in [6, 6.07) is 7.74. The molecule has 136 valence electrons. The van der Waals surface area contributed by atoms with Gasteiger partial charge in [-0.15, -0.1) is 0 Å². The molecule has 0 aromatic heterocycles. The molecule has 1 amide bonds. The van der Waals surface area contributed by atoms with E-state index in [0.717, 1.165) is 5.56 Å². The highest BCUT2D eigenvalue weighted by Crippen LogP contribution is 2.39. The summed E-state index contributed by atoms with van der Waals surface area (Å²) in [5.41, 5.74) is 1.32. The lowest BCUT2D eigenvalue weighted by Crippen LogP contribution is -2.41. The molecule has 0 spiro atoms. The Bertz CT molecular complexity index is 553. The molecule has 1 aromatic carbocycles. The van der Waals surface area contributed by atoms with Crippen molar-refractivity contribution in [3.8, 4) is 0 Å². The molecule has 0 unspecified atom stereocenters. The van der Waals surface area contributed by atoms with Crippen molar-refractivity contribution in [1.29, 1.82) is 0 Å². The van der Waals surface area contributed by atoms with Crippen LogP contribution in [0, 0.1) is 0 Å². The van der Waals surface area contributed by atoms with Crippen molar-refractivity contribution >= 4 is 20.1 Å². The van der Waals surface area contributed by atoms with Gasteiger partial charge in [-0.05, 0) is 63.5 Å². The first kappa shape index (κ1) is 20.7. The molecule has 0 fully saturated rings. The van der Waals surface area contributed by atoms with Crippen LogP contribution in [0.5, 0.6) is 0 Å². The zero-order chi connectivity index (χ0) is 18.8. The molecule has 0 saturated heterocycles. The molecule has 0 saturated carbocycles. The Labute approximate surface area is 148 Å². The summed E-state index contributed by atoms with van der Waals surface area (Å²) in [6.07, 6.45) is -0.415. The summed E-state index contributed by atoms with van der Waals surface area (Å²) in [4.78, 5) is 11.8. The average molecular weight is 352 g/mol. The second kappa shape index (κ2) is 7.27. The molecule has 1 aromatic rings. The zero-order valence-electron chi connectivity index (χ0n) is 16.6. The Kier molecular flexibility index (Phi) is 6.28. The van der Waals surface area contributed by atoms with Crippen molar-refractivity contribution in [2.24, 2.45) is 0 Å². The Morgan fingerprint density at radius 1 is 1.04 bits per heavy atom. The second-order valence-corrected chi connectivity index (χ2v) is 13.5. The molecule has 0 heterocycles. The third-order valence-electron chi connectivity index (χ3n) is 4.30. The van der Waals surface area contributed by atoms with Crippen LogP contribution < -0.4 is 5.32 Å². The van der Waals surface area contributed by atoms with E-state index in [-0.39, 0.29) is 11.1 Å². The molecule has 4 nitrogen and oxygen atoms in total. The van der Waals surface area contributed by atoms with E-state index in [0.29, 0.717) is 5.69 Å². The maximum Gasteiger partial charge on any atom is 0.412 e. The van der Waals surface area contributed by atoms with E-state index in [2.05, 4.69) is 46.1 Å². The number of hydrogen-bond donors (Lipinski definition) is 1. The van der Waals surface area contributed by atoms with Crippen molar-refractivity contribution < 1.29 is 14.0 Å². The van der Waals surface area contributed by atoms with E-state index in [1.165, 1.54) is 0 Å². The largest absolute Gasteiger partial charge is 0.444 e. The lowest BCUT2D eigenvalue weighted by molar-refractivity contribution is 0.0636. The SMILES string of the molecule is C[C@@H](O[Si](C)(C)C(C)(C)C)c1ccc(NC(=O)OC(C)(C)C)cc1. The van der Waals surface area contributed by atoms with E-state index in [9.17, 15) is 4.79 Å². The summed E-state index contributed by atoms with van der Waals surface area (Å²) >= 11 is 0. The Hall–Kier alpha value is -1.33. The Morgan fingerprint density at radius 2 is 1.54 bits per heavy atom. The number of nitrogens with one attached hydrogen (secondary N) is 1. The highest BCUT2D eigenvalue weighted by atomic mass is 28.4. The third kappa shape index (κ3) is 6.28. The lowest BCUT2D eigenvalue weighted by Gasteiger charge is -2.38. The van der Waals surface area contributed by atoms with Crippen LogP contribution in [0.3, 0.4) is 0 Å². The zero-order valence-corrected chi connectivity index (χ0v) is 17.6. The predicted molar refractivity (Wildman–Crippen MR) is 103 cm³/mol. The summed E-state index contributed by atoms with van der Waals surface area (Å²) in [5.74, 6) is 0. The van der Waals surface area contributed by atoms with Gasteiger partial charge in [0.15, 0.2) is 8.32 Å². The maximum atomic E-state index is 11.8. The van der Waals surface area contributed by atoms with E-state index in [1.807, 2.05) is 45.0 Å². The van der Waals surface area contributed by atoms with Crippen molar-refractivity contribution in [3.05, 3.63) is 29.8 Å². The molecule has 0 radical (unpaired) electrons. The minimum atomic E-state index is -1.81. The molecular weight excluding hydrogens is 318 g/mol. The quantitative estimate of drug-likeness (QED) is 0.665. The van der Waals surface area contributed by atoms with Gasteiger partial charge in [0.05, 0.1) is 6.10 Å². The lowest BCUT2D eigenvalue weighted by atomic mass is 10.1. The maximum absolute atomic E-state index is 11.8. The summed E-state index contributed by atoms with van der Waals surface area (Å²) in [5, 5.41) is 2.92. The van der Waals surface area contributed by atoms with Crippen LogP contribution in [-0.4, -0.2) is 20.0 Å². The van der Waals surface area contributed by atoms with E-state index < -0.39 is 20.0 Å². The molecule has 5 heteroatoms. The summed E-state index contributed by atoms with van der Waals surface area (Å²) in [6.45, 7) is 18.8. The van der Waals surface area contributed by atoms with Crippen LogP contribution in [0.15, 0.2) is 24.3 Å². The fourth-order valence-corrected chi connectivity index (χ4v) is 3.32. The summed E-state index contributed by atoms with van der Waals surface area (Å²) < 4.78 is 11.7. The third-order valence-corrected chi connectivity index (χ3v) is 8.86. The van der Waals surface area contributed by atoms with E-state index in [4.69, 9.17) is 9.16 Å². The van der Waals surface area contributed by atoms with Crippen molar-refractivity contribution in [2.75, 3.05) is 5.32 Å². The van der Waals surface area contributed by atoms with Gasteiger partial charge >= 0.3 is 6.09 Å². The number of amides is 1. The van der Waals surface area contributed by atoms with Gasteiger partial charge in [0, 0.05) is 5.69 Å². The highest BCUT2D eigenvalue weighted by molar-refractivity contribution is 6.74.